The number of hydrogen-bond acceptors (Lipinski definition) is 8. The molecule has 194 valence electrons. The summed E-state index contributed by atoms with van der Waals surface area (Å²) in [5.74, 6) is 0.594. The van der Waals surface area contributed by atoms with E-state index in [1.165, 1.54) is 0 Å². The molecule has 1 fully saturated rings. The molecule has 5 rings (SSSR count). The van der Waals surface area contributed by atoms with Crippen LogP contribution < -0.4 is 10.2 Å². The number of anilines is 2. The maximum absolute atomic E-state index is 13.3. The number of aryl methyl sites for hydroxylation is 3. The first kappa shape index (κ1) is 24.5. The van der Waals surface area contributed by atoms with Crippen LogP contribution in [0.5, 0.6) is 0 Å². The van der Waals surface area contributed by atoms with Crippen LogP contribution in [0.25, 0.3) is 22.1 Å². The molecule has 1 aliphatic rings. The average molecular weight is 506 g/mol. The topological polar surface area (TPSA) is 119 Å². The summed E-state index contributed by atoms with van der Waals surface area (Å²) in [7, 11) is 1.83. The first-order valence-corrected chi connectivity index (χ1v) is 12.2. The van der Waals surface area contributed by atoms with Crippen molar-refractivity contribution in [1.29, 1.82) is 0 Å². The summed E-state index contributed by atoms with van der Waals surface area (Å²) in [6.45, 7) is 11.6. The number of amides is 2. The van der Waals surface area contributed by atoms with Crippen LogP contribution in [0, 0.1) is 13.8 Å². The van der Waals surface area contributed by atoms with Crippen molar-refractivity contribution < 1.29 is 18.7 Å². The lowest BCUT2D eigenvalue weighted by Gasteiger charge is -2.37. The number of nitrogens with zero attached hydrogens (tertiary/aromatic N) is 6. The molecular formula is C26H31N7O4. The Labute approximate surface area is 214 Å². The summed E-state index contributed by atoms with van der Waals surface area (Å²) in [4.78, 5) is 38.4. The molecule has 0 saturated carbocycles. The quantitative estimate of drug-likeness (QED) is 0.443. The molecule has 1 aromatic carbocycles. The Morgan fingerprint density at radius 2 is 1.78 bits per heavy atom. The molecule has 11 heteroatoms. The van der Waals surface area contributed by atoms with Gasteiger partial charge in [-0.25, -0.2) is 9.78 Å². The van der Waals surface area contributed by atoms with Gasteiger partial charge >= 0.3 is 6.09 Å². The predicted molar refractivity (Wildman–Crippen MR) is 140 cm³/mol. The Balaban J connectivity index is 1.37. The van der Waals surface area contributed by atoms with Gasteiger partial charge in [0.25, 0.3) is 5.91 Å². The molecular weight excluding hydrogens is 474 g/mol. The zero-order valence-electron chi connectivity index (χ0n) is 22.0. The number of pyridine rings is 1. The minimum absolute atomic E-state index is 0.298. The van der Waals surface area contributed by atoms with Crippen LogP contribution in [0.2, 0.25) is 0 Å². The van der Waals surface area contributed by atoms with Crippen LogP contribution in [0.1, 0.15) is 42.6 Å². The minimum atomic E-state index is -0.528. The molecule has 1 aliphatic heterocycles. The van der Waals surface area contributed by atoms with E-state index in [0.717, 1.165) is 16.6 Å². The summed E-state index contributed by atoms with van der Waals surface area (Å²) in [6.07, 6.45) is 1.61. The Hall–Kier alpha value is -4.15. The number of carbonyl (C=O) groups is 2. The first-order valence-electron chi connectivity index (χ1n) is 12.2. The van der Waals surface area contributed by atoms with Gasteiger partial charge in [0.1, 0.15) is 22.5 Å². The molecule has 4 heterocycles. The van der Waals surface area contributed by atoms with Crippen LogP contribution in [0.4, 0.5) is 16.3 Å². The molecule has 0 unspecified atom stereocenters. The van der Waals surface area contributed by atoms with Crippen LogP contribution in [-0.4, -0.2) is 68.4 Å². The Kier molecular flexibility index (Phi) is 6.01. The molecule has 11 nitrogen and oxygen atoms in total. The van der Waals surface area contributed by atoms with Gasteiger partial charge in [0.2, 0.25) is 5.71 Å². The maximum Gasteiger partial charge on any atom is 0.410 e. The fourth-order valence-electron chi connectivity index (χ4n) is 4.53. The van der Waals surface area contributed by atoms with Crippen molar-refractivity contribution in [2.75, 3.05) is 36.4 Å². The smallest absolute Gasteiger partial charge is 0.410 e. The van der Waals surface area contributed by atoms with E-state index in [2.05, 4.69) is 25.3 Å². The van der Waals surface area contributed by atoms with E-state index in [1.54, 1.807) is 28.6 Å². The number of piperazine rings is 1. The summed E-state index contributed by atoms with van der Waals surface area (Å²) in [5, 5.41) is 8.33. The van der Waals surface area contributed by atoms with Crippen molar-refractivity contribution >= 4 is 45.6 Å². The van der Waals surface area contributed by atoms with E-state index in [0.29, 0.717) is 60.2 Å². The molecule has 2 amide bonds. The number of rotatable bonds is 3. The molecule has 3 aromatic heterocycles. The number of ether oxygens (including phenoxy) is 1. The lowest BCUT2D eigenvalue weighted by atomic mass is 10.1. The fraction of sp³-hybridized carbons (Fsp3) is 0.423. The normalized spacial score (nSPS) is 14.4. The van der Waals surface area contributed by atoms with Crippen molar-refractivity contribution in [3.05, 3.63) is 41.4 Å². The highest BCUT2D eigenvalue weighted by molar-refractivity contribution is 6.13. The van der Waals surface area contributed by atoms with E-state index in [9.17, 15) is 9.59 Å². The van der Waals surface area contributed by atoms with Gasteiger partial charge in [-0.05, 0) is 51.5 Å². The third kappa shape index (κ3) is 4.93. The maximum atomic E-state index is 13.3. The van der Waals surface area contributed by atoms with Crippen molar-refractivity contribution in [3.63, 3.8) is 0 Å². The Morgan fingerprint density at radius 1 is 1.05 bits per heavy atom. The highest BCUT2D eigenvalue weighted by atomic mass is 16.6. The second-order valence-electron chi connectivity index (χ2n) is 10.3. The van der Waals surface area contributed by atoms with Crippen molar-refractivity contribution in [2.45, 2.75) is 40.2 Å². The van der Waals surface area contributed by atoms with Gasteiger partial charge in [0, 0.05) is 57.4 Å². The van der Waals surface area contributed by atoms with Crippen molar-refractivity contribution in [1.82, 2.24) is 24.6 Å². The minimum Gasteiger partial charge on any atom is -0.444 e. The third-order valence-corrected chi connectivity index (χ3v) is 6.19. The van der Waals surface area contributed by atoms with Crippen LogP contribution in [-0.2, 0) is 11.8 Å². The van der Waals surface area contributed by atoms with Gasteiger partial charge in [0.05, 0.1) is 5.56 Å². The number of benzene rings is 1. The number of nitrogens with one attached hydrogen (secondary N) is 1. The largest absolute Gasteiger partial charge is 0.444 e. The summed E-state index contributed by atoms with van der Waals surface area (Å²) in [5.41, 5.74) is 3.41. The SMILES string of the molecule is Cc1nc2c(C)cc(NC(=O)c3ccc(N4CCN(C(=O)OC(C)(C)C)CC4)c4cn(C)nc34)nc2o1. The van der Waals surface area contributed by atoms with Gasteiger partial charge in [-0.15, -0.1) is 0 Å². The zero-order valence-corrected chi connectivity index (χ0v) is 22.0. The molecule has 1 saturated heterocycles. The molecule has 1 N–H and O–H groups in total. The molecule has 0 aliphatic carbocycles. The fourth-order valence-corrected chi connectivity index (χ4v) is 4.53. The first-order chi connectivity index (χ1) is 17.5. The lowest BCUT2D eigenvalue weighted by molar-refractivity contribution is 0.0240. The molecule has 37 heavy (non-hydrogen) atoms. The highest BCUT2D eigenvalue weighted by Gasteiger charge is 2.27. The van der Waals surface area contributed by atoms with Gasteiger partial charge < -0.3 is 24.3 Å². The zero-order chi connectivity index (χ0) is 26.5. The van der Waals surface area contributed by atoms with Crippen molar-refractivity contribution in [2.24, 2.45) is 7.05 Å². The lowest BCUT2D eigenvalue weighted by Crippen LogP contribution is -2.50. The van der Waals surface area contributed by atoms with E-state index in [1.807, 2.05) is 47.0 Å². The second-order valence-corrected chi connectivity index (χ2v) is 10.3. The summed E-state index contributed by atoms with van der Waals surface area (Å²) >= 11 is 0. The van der Waals surface area contributed by atoms with Crippen LogP contribution >= 0.6 is 0 Å². The number of carbonyl (C=O) groups excluding carboxylic acids is 2. The van der Waals surface area contributed by atoms with Crippen LogP contribution in [0.15, 0.2) is 28.8 Å². The van der Waals surface area contributed by atoms with E-state index >= 15 is 0 Å². The summed E-state index contributed by atoms with van der Waals surface area (Å²) < 4.78 is 12.8. The van der Waals surface area contributed by atoms with Gasteiger partial charge in [-0.2, -0.15) is 10.1 Å². The highest BCUT2D eigenvalue weighted by Crippen LogP contribution is 2.30. The summed E-state index contributed by atoms with van der Waals surface area (Å²) in [6, 6.07) is 5.49. The van der Waals surface area contributed by atoms with Gasteiger partial charge in [-0.1, -0.05) is 0 Å². The number of hydrogen-bond donors (Lipinski definition) is 1. The Bertz CT molecular complexity index is 1510. The van der Waals surface area contributed by atoms with Crippen LogP contribution in [0.3, 0.4) is 0 Å². The van der Waals surface area contributed by atoms with E-state index < -0.39 is 5.60 Å². The molecule has 0 atom stereocenters. The monoisotopic (exact) mass is 505 g/mol. The third-order valence-electron chi connectivity index (χ3n) is 6.19. The second kappa shape index (κ2) is 9.06. The molecule has 4 aromatic rings. The van der Waals surface area contributed by atoms with E-state index in [4.69, 9.17) is 9.15 Å². The van der Waals surface area contributed by atoms with E-state index in [-0.39, 0.29) is 12.0 Å². The number of oxazole rings is 1. The predicted octanol–water partition coefficient (Wildman–Crippen LogP) is 4.04. The molecule has 0 spiro atoms. The standard InChI is InChI=1S/C26H31N7O4/c1-15-13-20(29-24-21(15)27-16(2)36-24)28-23(34)17-7-8-19(18-14-31(6)30-22(17)18)32-9-11-33(12-10-32)25(35)37-26(3,4)5/h7-8,13-14H,9-12H2,1-6H3,(H,28,29,34). The number of fused-ring (bicyclic) bond motifs is 2. The number of aromatic nitrogens is 4. The molecule has 0 bridgehead atoms. The average Bonchev–Trinajstić information content (AvgIpc) is 3.39. The van der Waals surface area contributed by atoms with Gasteiger partial charge in [-0.3, -0.25) is 9.48 Å². The molecule has 0 radical (unpaired) electrons. The Morgan fingerprint density at radius 3 is 2.49 bits per heavy atom. The van der Waals surface area contributed by atoms with Crippen molar-refractivity contribution in [3.8, 4) is 0 Å². The van der Waals surface area contributed by atoms with Gasteiger partial charge in [0.15, 0.2) is 5.89 Å².